The molecule has 0 bridgehead atoms. The van der Waals surface area contributed by atoms with Crippen LogP contribution in [0.15, 0.2) is 30.5 Å². The summed E-state index contributed by atoms with van der Waals surface area (Å²) in [6.07, 6.45) is -5.30. The predicted octanol–water partition coefficient (Wildman–Crippen LogP) is 3.67. The van der Waals surface area contributed by atoms with Crippen LogP contribution in [0.3, 0.4) is 0 Å². The van der Waals surface area contributed by atoms with Gasteiger partial charge in [-0.25, -0.2) is 8.78 Å². The molecular formula is C14H8F5NO2. The minimum atomic E-state index is -4.79. The number of benzene rings is 1. The van der Waals surface area contributed by atoms with Crippen LogP contribution in [-0.4, -0.2) is 16.1 Å². The zero-order valence-corrected chi connectivity index (χ0v) is 10.8. The molecule has 1 heterocycles. The Morgan fingerprint density at radius 2 is 1.91 bits per heavy atom. The molecule has 0 unspecified atom stereocenters. The lowest BCUT2D eigenvalue weighted by molar-refractivity contribution is -0.139. The Hall–Kier alpha value is -2.51. The Kier molecular flexibility index (Phi) is 4.11. The summed E-state index contributed by atoms with van der Waals surface area (Å²) in [6.45, 7) is 0. The molecule has 1 aromatic carbocycles. The van der Waals surface area contributed by atoms with E-state index in [1.54, 1.807) is 0 Å². The van der Waals surface area contributed by atoms with Gasteiger partial charge in [0.1, 0.15) is 0 Å². The van der Waals surface area contributed by atoms with Gasteiger partial charge in [-0.1, -0.05) is 6.07 Å². The predicted molar refractivity (Wildman–Crippen MR) is 65.9 cm³/mol. The minimum Gasteiger partial charge on any atom is -0.481 e. The molecule has 3 nitrogen and oxygen atoms in total. The normalized spacial score (nSPS) is 11.5. The average molecular weight is 317 g/mol. The van der Waals surface area contributed by atoms with E-state index in [1.165, 1.54) is 6.07 Å². The number of halogens is 5. The number of hydrogen-bond acceptors (Lipinski definition) is 2. The van der Waals surface area contributed by atoms with Gasteiger partial charge in [-0.15, -0.1) is 0 Å². The number of carboxylic acid groups (broad SMARTS) is 1. The Bertz CT molecular complexity index is 728. The highest BCUT2D eigenvalue weighted by atomic mass is 19.4. The number of aliphatic carboxylic acids is 1. The van der Waals surface area contributed by atoms with E-state index in [9.17, 15) is 26.7 Å². The first-order valence-corrected chi connectivity index (χ1v) is 5.92. The molecule has 1 aromatic heterocycles. The summed E-state index contributed by atoms with van der Waals surface area (Å²) in [6, 6.07) is 3.96. The fraction of sp³-hybridized carbons (Fsp3) is 0.143. The van der Waals surface area contributed by atoms with Crippen molar-refractivity contribution < 1.29 is 31.9 Å². The van der Waals surface area contributed by atoms with Crippen LogP contribution in [0.5, 0.6) is 0 Å². The molecule has 0 aliphatic rings. The molecule has 0 spiro atoms. The Balaban J connectivity index is 2.60. The Morgan fingerprint density at radius 3 is 2.50 bits per heavy atom. The van der Waals surface area contributed by atoms with Crippen LogP contribution in [0.2, 0.25) is 0 Å². The van der Waals surface area contributed by atoms with Crippen molar-refractivity contribution in [1.82, 2.24) is 4.98 Å². The maximum absolute atomic E-state index is 13.7. The first-order valence-electron chi connectivity index (χ1n) is 5.92. The topological polar surface area (TPSA) is 50.2 Å². The molecule has 116 valence electrons. The first kappa shape index (κ1) is 15.9. The van der Waals surface area contributed by atoms with Crippen molar-refractivity contribution in [2.75, 3.05) is 0 Å². The highest BCUT2D eigenvalue weighted by Gasteiger charge is 2.34. The van der Waals surface area contributed by atoms with Crippen molar-refractivity contribution in [3.8, 4) is 11.3 Å². The van der Waals surface area contributed by atoms with Crippen molar-refractivity contribution >= 4 is 5.97 Å². The second kappa shape index (κ2) is 5.70. The lowest BCUT2D eigenvalue weighted by Gasteiger charge is -2.13. The molecule has 0 saturated carbocycles. The number of carbonyl (C=O) groups is 1. The van der Waals surface area contributed by atoms with Crippen molar-refractivity contribution in [2.45, 2.75) is 12.6 Å². The molecule has 0 amide bonds. The quantitative estimate of drug-likeness (QED) is 0.879. The van der Waals surface area contributed by atoms with E-state index in [0.29, 0.717) is 6.20 Å². The lowest BCUT2D eigenvalue weighted by atomic mass is 10.0. The van der Waals surface area contributed by atoms with Crippen LogP contribution in [0.25, 0.3) is 11.3 Å². The van der Waals surface area contributed by atoms with Gasteiger partial charge in [-0.3, -0.25) is 9.78 Å². The number of carboxylic acids is 1. The Morgan fingerprint density at radius 1 is 1.23 bits per heavy atom. The summed E-state index contributed by atoms with van der Waals surface area (Å²) in [5.74, 6) is -3.93. The Labute approximate surface area is 121 Å². The summed E-state index contributed by atoms with van der Waals surface area (Å²) in [5, 5.41) is 8.70. The molecular weight excluding hydrogens is 309 g/mol. The fourth-order valence-electron chi connectivity index (χ4n) is 1.91. The van der Waals surface area contributed by atoms with E-state index in [1.807, 2.05) is 0 Å². The van der Waals surface area contributed by atoms with E-state index in [2.05, 4.69) is 4.98 Å². The zero-order chi connectivity index (χ0) is 16.5. The van der Waals surface area contributed by atoms with Gasteiger partial charge in [0.25, 0.3) is 0 Å². The highest BCUT2D eigenvalue weighted by molar-refractivity contribution is 5.72. The van der Waals surface area contributed by atoms with Gasteiger partial charge in [0.2, 0.25) is 0 Å². The molecule has 2 rings (SSSR count). The fourth-order valence-corrected chi connectivity index (χ4v) is 1.91. The molecule has 22 heavy (non-hydrogen) atoms. The average Bonchev–Trinajstić information content (AvgIpc) is 2.40. The highest BCUT2D eigenvalue weighted by Crippen LogP contribution is 2.34. The number of alkyl halides is 3. The third kappa shape index (κ3) is 3.21. The molecule has 0 atom stereocenters. The molecule has 0 saturated heterocycles. The summed E-state index contributed by atoms with van der Waals surface area (Å²) in [5.41, 5.74) is -2.43. The SMILES string of the molecule is O=C(O)Cc1cc(-c2cccc(F)c2F)ncc1C(F)(F)F. The number of hydrogen-bond donors (Lipinski definition) is 1. The van der Waals surface area contributed by atoms with Crippen LogP contribution in [0.1, 0.15) is 11.1 Å². The third-order valence-electron chi connectivity index (χ3n) is 2.86. The lowest BCUT2D eigenvalue weighted by Crippen LogP contribution is -2.13. The molecule has 1 N–H and O–H groups in total. The van der Waals surface area contributed by atoms with Gasteiger partial charge < -0.3 is 5.11 Å². The minimum absolute atomic E-state index is 0.277. The van der Waals surface area contributed by atoms with Gasteiger partial charge in [0.05, 0.1) is 17.7 Å². The molecule has 2 aromatic rings. The van der Waals surface area contributed by atoms with Crippen LogP contribution in [-0.2, 0) is 17.4 Å². The van der Waals surface area contributed by atoms with Crippen LogP contribution in [0.4, 0.5) is 22.0 Å². The maximum Gasteiger partial charge on any atom is 0.418 e. The zero-order valence-electron chi connectivity index (χ0n) is 10.8. The second-order valence-electron chi connectivity index (χ2n) is 4.40. The van der Waals surface area contributed by atoms with Gasteiger partial charge in [0, 0.05) is 11.8 Å². The van der Waals surface area contributed by atoms with Crippen molar-refractivity contribution in [3.05, 3.63) is 53.2 Å². The van der Waals surface area contributed by atoms with E-state index in [-0.39, 0.29) is 11.3 Å². The van der Waals surface area contributed by atoms with Gasteiger partial charge in [-0.05, 0) is 23.8 Å². The van der Waals surface area contributed by atoms with E-state index < -0.39 is 41.3 Å². The van der Waals surface area contributed by atoms with E-state index in [4.69, 9.17) is 5.11 Å². The number of nitrogens with zero attached hydrogens (tertiary/aromatic N) is 1. The van der Waals surface area contributed by atoms with Gasteiger partial charge in [0.15, 0.2) is 11.6 Å². The summed E-state index contributed by atoms with van der Waals surface area (Å²) < 4.78 is 65.3. The van der Waals surface area contributed by atoms with Crippen molar-refractivity contribution in [3.63, 3.8) is 0 Å². The largest absolute Gasteiger partial charge is 0.481 e. The van der Waals surface area contributed by atoms with Crippen LogP contribution in [0, 0.1) is 11.6 Å². The number of aromatic nitrogens is 1. The van der Waals surface area contributed by atoms with Gasteiger partial charge in [-0.2, -0.15) is 13.2 Å². The molecule has 0 aliphatic carbocycles. The van der Waals surface area contributed by atoms with E-state index in [0.717, 1.165) is 18.2 Å². The first-order chi connectivity index (χ1) is 10.2. The molecule has 0 radical (unpaired) electrons. The van der Waals surface area contributed by atoms with Crippen LogP contribution >= 0.6 is 0 Å². The smallest absolute Gasteiger partial charge is 0.418 e. The molecule has 8 heteroatoms. The third-order valence-corrected chi connectivity index (χ3v) is 2.86. The summed E-state index contributed by atoms with van der Waals surface area (Å²) in [4.78, 5) is 14.2. The number of rotatable bonds is 3. The van der Waals surface area contributed by atoms with Crippen molar-refractivity contribution in [2.24, 2.45) is 0 Å². The molecule has 0 aliphatic heterocycles. The maximum atomic E-state index is 13.7. The van der Waals surface area contributed by atoms with Crippen LogP contribution < -0.4 is 0 Å². The second-order valence-corrected chi connectivity index (χ2v) is 4.40. The summed E-state index contributed by atoms with van der Waals surface area (Å²) >= 11 is 0. The monoisotopic (exact) mass is 317 g/mol. The molecule has 0 fully saturated rings. The van der Waals surface area contributed by atoms with Gasteiger partial charge >= 0.3 is 12.1 Å². The summed E-state index contributed by atoms with van der Waals surface area (Å²) in [7, 11) is 0. The van der Waals surface area contributed by atoms with E-state index >= 15 is 0 Å². The number of pyridine rings is 1. The standard InChI is InChI=1S/C14H8F5NO2/c15-10-3-1-2-8(13(10)16)11-4-7(5-12(21)22)9(6-20-11)14(17,18)19/h1-4,6H,5H2,(H,21,22). The van der Waals surface area contributed by atoms with Crippen molar-refractivity contribution in [1.29, 1.82) is 0 Å².